The molecule has 1 unspecified atom stereocenters. The maximum atomic E-state index is 11.9. The van der Waals surface area contributed by atoms with E-state index in [1.165, 1.54) is 0 Å². The molecule has 1 atom stereocenters. The normalized spacial score (nSPS) is 12.2. The van der Waals surface area contributed by atoms with E-state index in [4.69, 9.17) is 9.63 Å². The van der Waals surface area contributed by atoms with Gasteiger partial charge in [0.25, 0.3) is 0 Å². The number of rotatable bonds is 8. The summed E-state index contributed by atoms with van der Waals surface area (Å²) in [5.41, 5.74) is 1.75. The molecule has 1 aromatic rings. The maximum Gasteiger partial charge on any atom is 0.305 e. The molecule has 1 aromatic heterocycles. The van der Waals surface area contributed by atoms with Crippen LogP contribution in [-0.4, -0.2) is 28.2 Å². The number of carbonyl (C=O) groups excluding carboxylic acids is 1. The van der Waals surface area contributed by atoms with Crippen molar-refractivity contribution in [1.29, 1.82) is 0 Å². The van der Waals surface area contributed by atoms with Gasteiger partial charge in [-0.25, -0.2) is 0 Å². The van der Waals surface area contributed by atoms with E-state index in [1.807, 2.05) is 20.8 Å². The van der Waals surface area contributed by atoms with Crippen molar-refractivity contribution in [2.24, 2.45) is 0 Å². The Hall–Kier alpha value is -1.85. The summed E-state index contributed by atoms with van der Waals surface area (Å²) < 4.78 is 5.04. The summed E-state index contributed by atoms with van der Waals surface area (Å²) in [5.74, 6) is -0.301. The Balaban J connectivity index is 2.47. The molecule has 0 fully saturated rings. The van der Waals surface area contributed by atoms with E-state index < -0.39 is 5.97 Å². The van der Waals surface area contributed by atoms with Crippen LogP contribution in [0.1, 0.15) is 49.6 Å². The van der Waals surface area contributed by atoms with Crippen molar-refractivity contribution >= 4 is 11.9 Å². The summed E-state index contributed by atoms with van der Waals surface area (Å²) in [7, 11) is 0. The van der Waals surface area contributed by atoms with E-state index in [2.05, 4.69) is 10.5 Å². The predicted octanol–water partition coefficient (Wildman–Crippen LogP) is 1.98. The van der Waals surface area contributed by atoms with Crippen LogP contribution in [0.2, 0.25) is 0 Å². The van der Waals surface area contributed by atoms with Crippen molar-refractivity contribution in [3.05, 3.63) is 17.0 Å². The Morgan fingerprint density at radius 2 is 2.10 bits per heavy atom. The number of hydrogen-bond acceptors (Lipinski definition) is 4. The Labute approximate surface area is 118 Å². The average molecular weight is 282 g/mol. The molecule has 6 nitrogen and oxygen atoms in total. The van der Waals surface area contributed by atoms with Gasteiger partial charge in [0, 0.05) is 18.0 Å². The quantitative estimate of drug-likeness (QED) is 0.760. The Morgan fingerprint density at radius 3 is 2.60 bits per heavy atom. The molecule has 0 aliphatic carbocycles. The summed E-state index contributed by atoms with van der Waals surface area (Å²) in [5, 5.41) is 15.4. The molecule has 0 bridgehead atoms. The average Bonchev–Trinajstić information content (AvgIpc) is 2.66. The van der Waals surface area contributed by atoms with E-state index in [-0.39, 0.29) is 18.4 Å². The third kappa shape index (κ3) is 5.03. The van der Waals surface area contributed by atoms with Crippen LogP contribution in [0.4, 0.5) is 0 Å². The van der Waals surface area contributed by atoms with Gasteiger partial charge in [0.15, 0.2) is 0 Å². The number of amides is 1. The molecule has 2 N–H and O–H groups in total. The lowest BCUT2D eigenvalue weighted by atomic mass is 10.1. The highest BCUT2D eigenvalue weighted by molar-refractivity contribution is 5.77. The van der Waals surface area contributed by atoms with Crippen molar-refractivity contribution in [3.63, 3.8) is 0 Å². The molecule has 0 aliphatic rings. The fourth-order valence-corrected chi connectivity index (χ4v) is 2.18. The van der Waals surface area contributed by atoms with E-state index in [1.54, 1.807) is 0 Å². The number of nitrogens with one attached hydrogen (secondary N) is 1. The van der Waals surface area contributed by atoms with E-state index in [0.29, 0.717) is 19.3 Å². The molecule has 0 spiro atoms. The van der Waals surface area contributed by atoms with Crippen LogP contribution >= 0.6 is 0 Å². The minimum absolute atomic E-state index is 0.0368. The van der Waals surface area contributed by atoms with Crippen molar-refractivity contribution in [1.82, 2.24) is 10.5 Å². The van der Waals surface area contributed by atoms with Crippen LogP contribution in [0.5, 0.6) is 0 Å². The summed E-state index contributed by atoms with van der Waals surface area (Å²) in [4.78, 5) is 22.6. The first-order chi connectivity index (χ1) is 9.43. The number of hydrogen-bond donors (Lipinski definition) is 2. The number of carboxylic acids is 1. The second-order valence-corrected chi connectivity index (χ2v) is 4.95. The monoisotopic (exact) mass is 282 g/mol. The van der Waals surface area contributed by atoms with Gasteiger partial charge in [-0.15, -0.1) is 0 Å². The molecule has 0 aromatic carbocycles. The van der Waals surface area contributed by atoms with E-state index in [0.717, 1.165) is 23.4 Å². The lowest BCUT2D eigenvalue weighted by Gasteiger charge is -2.15. The van der Waals surface area contributed by atoms with Gasteiger partial charge in [-0.05, 0) is 26.7 Å². The molecule has 0 aliphatic heterocycles. The standard InChI is InChI=1S/C14H22N2O4/c1-4-5-11(8-14(18)19)15-13(17)7-6-12-9(2)16-20-10(12)3/h11H,4-8H2,1-3H3,(H,15,17)(H,18,19). The molecule has 0 radical (unpaired) electrons. The van der Waals surface area contributed by atoms with Crippen LogP contribution in [0.15, 0.2) is 4.52 Å². The number of aromatic nitrogens is 1. The van der Waals surface area contributed by atoms with Crippen LogP contribution in [0.3, 0.4) is 0 Å². The van der Waals surface area contributed by atoms with Gasteiger partial charge in [0.05, 0.1) is 12.1 Å². The third-order valence-electron chi connectivity index (χ3n) is 3.21. The van der Waals surface area contributed by atoms with Crippen LogP contribution < -0.4 is 5.32 Å². The number of aliphatic carboxylic acids is 1. The molecule has 1 rings (SSSR count). The zero-order valence-corrected chi connectivity index (χ0v) is 12.2. The zero-order chi connectivity index (χ0) is 15.1. The molecule has 1 heterocycles. The van der Waals surface area contributed by atoms with Crippen LogP contribution in [-0.2, 0) is 16.0 Å². The first-order valence-electron chi connectivity index (χ1n) is 6.87. The van der Waals surface area contributed by atoms with Gasteiger partial charge in [-0.1, -0.05) is 18.5 Å². The molecule has 20 heavy (non-hydrogen) atoms. The highest BCUT2D eigenvalue weighted by atomic mass is 16.5. The number of carbonyl (C=O) groups is 2. The number of aryl methyl sites for hydroxylation is 2. The molecular weight excluding hydrogens is 260 g/mol. The van der Waals surface area contributed by atoms with Crippen molar-refractivity contribution in [2.45, 2.75) is 58.9 Å². The summed E-state index contributed by atoms with van der Waals surface area (Å²) in [6, 6.07) is -0.297. The van der Waals surface area contributed by atoms with Crippen molar-refractivity contribution in [3.8, 4) is 0 Å². The Bertz CT molecular complexity index is 448. The number of carboxylic acid groups (broad SMARTS) is 1. The van der Waals surface area contributed by atoms with Gasteiger partial charge in [0.2, 0.25) is 5.91 Å². The van der Waals surface area contributed by atoms with Crippen LogP contribution in [0.25, 0.3) is 0 Å². The molecule has 112 valence electrons. The lowest BCUT2D eigenvalue weighted by Crippen LogP contribution is -2.36. The molecule has 0 saturated carbocycles. The highest BCUT2D eigenvalue weighted by Gasteiger charge is 2.16. The zero-order valence-electron chi connectivity index (χ0n) is 12.2. The second-order valence-electron chi connectivity index (χ2n) is 4.95. The molecule has 1 amide bonds. The van der Waals surface area contributed by atoms with Gasteiger partial charge in [0.1, 0.15) is 5.76 Å². The minimum Gasteiger partial charge on any atom is -0.481 e. The maximum absolute atomic E-state index is 11.9. The Morgan fingerprint density at radius 1 is 1.40 bits per heavy atom. The first-order valence-corrected chi connectivity index (χ1v) is 6.87. The summed E-state index contributed by atoms with van der Waals surface area (Å²) in [6.07, 6.45) is 2.33. The molecular formula is C14H22N2O4. The van der Waals surface area contributed by atoms with E-state index >= 15 is 0 Å². The third-order valence-corrected chi connectivity index (χ3v) is 3.21. The van der Waals surface area contributed by atoms with Crippen LogP contribution in [0, 0.1) is 13.8 Å². The van der Waals surface area contributed by atoms with Crippen molar-refractivity contribution in [2.75, 3.05) is 0 Å². The fraction of sp³-hybridized carbons (Fsp3) is 0.643. The fourth-order valence-electron chi connectivity index (χ4n) is 2.18. The molecule has 0 saturated heterocycles. The van der Waals surface area contributed by atoms with E-state index in [9.17, 15) is 9.59 Å². The van der Waals surface area contributed by atoms with Crippen molar-refractivity contribution < 1.29 is 19.2 Å². The SMILES string of the molecule is CCCC(CC(=O)O)NC(=O)CCc1c(C)noc1C. The largest absolute Gasteiger partial charge is 0.481 e. The lowest BCUT2D eigenvalue weighted by molar-refractivity contribution is -0.137. The first kappa shape index (κ1) is 16.2. The minimum atomic E-state index is -0.894. The Kier molecular flexibility index (Phi) is 6.21. The highest BCUT2D eigenvalue weighted by Crippen LogP contribution is 2.14. The smallest absolute Gasteiger partial charge is 0.305 e. The van der Waals surface area contributed by atoms with Gasteiger partial charge in [-0.2, -0.15) is 0 Å². The van der Waals surface area contributed by atoms with Gasteiger partial charge < -0.3 is 14.9 Å². The topological polar surface area (TPSA) is 92.4 Å². The number of nitrogens with zero attached hydrogens (tertiary/aromatic N) is 1. The second kappa shape index (κ2) is 7.67. The predicted molar refractivity (Wildman–Crippen MR) is 73.4 cm³/mol. The van der Waals surface area contributed by atoms with Gasteiger partial charge >= 0.3 is 5.97 Å². The van der Waals surface area contributed by atoms with Gasteiger partial charge in [-0.3, -0.25) is 9.59 Å². The molecule has 6 heteroatoms. The summed E-state index contributed by atoms with van der Waals surface area (Å²) >= 11 is 0. The summed E-state index contributed by atoms with van der Waals surface area (Å²) in [6.45, 7) is 5.62.